The predicted octanol–water partition coefficient (Wildman–Crippen LogP) is 2.94. The van der Waals surface area contributed by atoms with E-state index in [1.54, 1.807) is 4.88 Å². The van der Waals surface area contributed by atoms with E-state index in [0.717, 1.165) is 38.1 Å². The Kier molecular flexibility index (Phi) is 9.35. The first-order valence-corrected chi connectivity index (χ1v) is 8.79. The van der Waals surface area contributed by atoms with Crippen LogP contribution in [0, 0.1) is 5.92 Å². The van der Waals surface area contributed by atoms with Crippen molar-refractivity contribution < 1.29 is 0 Å². The smallest absolute Gasteiger partial charge is 0.191 e. The maximum absolute atomic E-state index is 4.27. The molecule has 1 aromatic heterocycles. The lowest BCUT2D eigenvalue weighted by Gasteiger charge is -2.27. The Balaban J connectivity index is 0.00000242. The van der Waals surface area contributed by atoms with Gasteiger partial charge in [-0.2, -0.15) is 0 Å². The van der Waals surface area contributed by atoms with Crippen molar-refractivity contribution in [1.29, 1.82) is 0 Å². The van der Waals surface area contributed by atoms with Crippen LogP contribution in [0.4, 0.5) is 0 Å². The van der Waals surface area contributed by atoms with Gasteiger partial charge in [0, 0.05) is 44.6 Å². The standard InChI is InChI=1S/C16H28N4S.HI/c1-13(2)4-7-18-16(17-3)19-8-10-20-9-5-15-14(12-20)6-11-21-15;/h6,11,13H,4-5,7-10,12H2,1-3H3,(H2,17,18,19);1H. The lowest BCUT2D eigenvalue weighted by atomic mass is 10.1. The molecule has 0 radical (unpaired) electrons. The number of guanidine groups is 1. The highest BCUT2D eigenvalue weighted by atomic mass is 127. The average molecular weight is 436 g/mol. The molecule has 22 heavy (non-hydrogen) atoms. The largest absolute Gasteiger partial charge is 0.356 e. The predicted molar refractivity (Wildman–Crippen MR) is 108 cm³/mol. The van der Waals surface area contributed by atoms with E-state index in [2.05, 4.69) is 45.8 Å². The summed E-state index contributed by atoms with van der Waals surface area (Å²) in [4.78, 5) is 8.36. The van der Waals surface area contributed by atoms with Crippen LogP contribution in [0.1, 0.15) is 30.7 Å². The van der Waals surface area contributed by atoms with Gasteiger partial charge in [-0.3, -0.25) is 9.89 Å². The molecule has 0 fully saturated rings. The van der Waals surface area contributed by atoms with Crippen LogP contribution in [-0.4, -0.2) is 44.1 Å². The normalized spacial score (nSPS) is 15.4. The first kappa shape index (κ1) is 19.7. The zero-order valence-electron chi connectivity index (χ0n) is 13.9. The number of thiophene rings is 1. The molecule has 2 heterocycles. The Hall–Kier alpha value is -0.340. The van der Waals surface area contributed by atoms with E-state index in [0.29, 0.717) is 0 Å². The Labute approximate surface area is 155 Å². The van der Waals surface area contributed by atoms with Crippen LogP contribution in [0.2, 0.25) is 0 Å². The van der Waals surface area contributed by atoms with E-state index in [1.807, 2.05) is 18.4 Å². The summed E-state index contributed by atoms with van der Waals surface area (Å²) in [5, 5.41) is 9.00. The Morgan fingerprint density at radius 2 is 2.14 bits per heavy atom. The van der Waals surface area contributed by atoms with Gasteiger partial charge in [0.2, 0.25) is 0 Å². The van der Waals surface area contributed by atoms with Crippen LogP contribution in [0.5, 0.6) is 0 Å². The average Bonchev–Trinajstić information content (AvgIpc) is 2.92. The molecule has 0 aliphatic carbocycles. The van der Waals surface area contributed by atoms with Crippen molar-refractivity contribution in [2.24, 2.45) is 10.9 Å². The fourth-order valence-electron chi connectivity index (χ4n) is 2.53. The van der Waals surface area contributed by atoms with Gasteiger partial charge in [-0.1, -0.05) is 13.8 Å². The van der Waals surface area contributed by atoms with Gasteiger partial charge < -0.3 is 10.6 Å². The third-order valence-electron chi connectivity index (χ3n) is 3.84. The second-order valence-corrected chi connectivity index (χ2v) is 7.00. The number of nitrogens with zero attached hydrogens (tertiary/aromatic N) is 2. The summed E-state index contributed by atoms with van der Waals surface area (Å²) in [7, 11) is 1.84. The first-order chi connectivity index (χ1) is 10.2. The van der Waals surface area contributed by atoms with Crippen molar-refractivity contribution in [2.45, 2.75) is 33.2 Å². The summed E-state index contributed by atoms with van der Waals surface area (Å²) in [6.45, 7) is 9.76. The second-order valence-electron chi connectivity index (χ2n) is 6.00. The summed E-state index contributed by atoms with van der Waals surface area (Å²) in [6.07, 6.45) is 2.38. The molecule has 0 unspecified atom stereocenters. The summed E-state index contributed by atoms with van der Waals surface area (Å²) >= 11 is 1.90. The zero-order chi connectivity index (χ0) is 15.1. The maximum Gasteiger partial charge on any atom is 0.191 e. The lowest BCUT2D eigenvalue weighted by molar-refractivity contribution is 0.260. The highest BCUT2D eigenvalue weighted by Crippen LogP contribution is 2.23. The molecule has 0 aromatic carbocycles. The van der Waals surface area contributed by atoms with Crippen molar-refractivity contribution in [1.82, 2.24) is 15.5 Å². The minimum atomic E-state index is 0. The number of nitrogens with one attached hydrogen (secondary N) is 2. The van der Waals surface area contributed by atoms with Crippen LogP contribution in [0.15, 0.2) is 16.4 Å². The molecule has 4 nitrogen and oxygen atoms in total. The highest BCUT2D eigenvalue weighted by Gasteiger charge is 2.16. The van der Waals surface area contributed by atoms with Gasteiger partial charge in [0.05, 0.1) is 0 Å². The van der Waals surface area contributed by atoms with E-state index in [-0.39, 0.29) is 24.0 Å². The van der Waals surface area contributed by atoms with Crippen LogP contribution in [-0.2, 0) is 13.0 Å². The van der Waals surface area contributed by atoms with Crippen LogP contribution in [0.25, 0.3) is 0 Å². The molecule has 2 N–H and O–H groups in total. The van der Waals surface area contributed by atoms with Gasteiger partial charge in [0.25, 0.3) is 0 Å². The third kappa shape index (κ3) is 6.42. The van der Waals surface area contributed by atoms with E-state index in [1.165, 1.54) is 24.9 Å². The van der Waals surface area contributed by atoms with Gasteiger partial charge >= 0.3 is 0 Å². The molecule has 0 amide bonds. The molecule has 0 saturated carbocycles. The SMILES string of the molecule is CN=C(NCCC(C)C)NCCN1CCc2sccc2C1.I. The highest BCUT2D eigenvalue weighted by molar-refractivity contribution is 14.0. The number of fused-ring (bicyclic) bond motifs is 1. The number of rotatable bonds is 6. The number of aliphatic imine (C=N–C) groups is 1. The van der Waals surface area contributed by atoms with Crippen LogP contribution < -0.4 is 10.6 Å². The fraction of sp³-hybridized carbons (Fsp3) is 0.688. The number of hydrogen-bond donors (Lipinski definition) is 2. The molecule has 1 aliphatic rings. The van der Waals surface area contributed by atoms with Crippen molar-refractivity contribution in [3.63, 3.8) is 0 Å². The maximum atomic E-state index is 4.27. The third-order valence-corrected chi connectivity index (χ3v) is 4.87. The van der Waals surface area contributed by atoms with Crippen molar-refractivity contribution >= 4 is 41.3 Å². The second kappa shape index (κ2) is 10.4. The molecular formula is C16H29IN4S. The molecule has 126 valence electrons. The Morgan fingerprint density at radius 3 is 2.86 bits per heavy atom. The summed E-state index contributed by atoms with van der Waals surface area (Å²) < 4.78 is 0. The monoisotopic (exact) mass is 436 g/mol. The van der Waals surface area contributed by atoms with Gasteiger partial charge in [-0.25, -0.2) is 0 Å². The molecule has 0 atom stereocenters. The Bertz CT molecular complexity index is 459. The van der Waals surface area contributed by atoms with Gasteiger partial charge in [-0.15, -0.1) is 35.3 Å². The Morgan fingerprint density at radius 1 is 1.36 bits per heavy atom. The van der Waals surface area contributed by atoms with Gasteiger partial charge in [0.15, 0.2) is 5.96 Å². The van der Waals surface area contributed by atoms with Crippen molar-refractivity contribution in [3.8, 4) is 0 Å². The minimum Gasteiger partial charge on any atom is -0.356 e. The van der Waals surface area contributed by atoms with Crippen LogP contribution in [0.3, 0.4) is 0 Å². The minimum absolute atomic E-state index is 0. The molecule has 6 heteroatoms. The van der Waals surface area contributed by atoms with Gasteiger partial charge in [0.1, 0.15) is 0 Å². The molecule has 0 bridgehead atoms. The number of hydrogen-bond acceptors (Lipinski definition) is 3. The van der Waals surface area contributed by atoms with Crippen LogP contribution >= 0.6 is 35.3 Å². The molecule has 0 saturated heterocycles. The van der Waals surface area contributed by atoms with E-state index in [4.69, 9.17) is 0 Å². The summed E-state index contributed by atoms with van der Waals surface area (Å²) in [5.74, 6) is 1.65. The topological polar surface area (TPSA) is 39.7 Å². The number of halogens is 1. The molecule has 0 spiro atoms. The summed E-state index contributed by atoms with van der Waals surface area (Å²) in [5.41, 5.74) is 1.52. The van der Waals surface area contributed by atoms with E-state index in [9.17, 15) is 0 Å². The molecule has 1 aliphatic heterocycles. The van der Waals surface area contributed by atoms with Crippen molar-refractivity contribution in [2.75, 3.05) is 33.2 Å². The quantitative estimate of drug-likeness (QED) is 0.409. The molecular weight excluding hydrogens is 407 g/mol. The fourth-order valence-corrected chi connectivity index (χ4v) is 3.42. The molecule has 2 rings (SSSR count). The van der Waals surface area contributed by atoms with Crippen molar-refractivity contribution in [3.05, 3.63) is 21.9 Å². The van der Waals surface area contributed by atoms with E-state index < -0.39 is 0 Å². The zero-order valence-corrected chi connectivity index (χ0v) is 17.0. The van der Waals surface area contributed by atoms with E-state index >= 15 is 0 Å². The molecule has 1 aromatic rings. The first-order valence-electron chi connectivity index (χ1n) is 7.91. The van der Waals surface area contributed by atoms with Gasteiger partial charge in [-0.05, 0) is 35.8 Å². The summed E-state index contributed by atoms with van der Waals surface area (Å²) in [6, 6.07) is 2.27. The lowest BCUT2D eigenvalue weighted by Crippen LogP contribution is -2.42.